The van der Waals surface area contributed by atoms with Crippen molar-refractivity contribution in [1.82, 2.24) is 15.4 Å². The Labute approximate surface area is 94.9 Å². The number of fused-ring (bicyclic) bond motifs is 1. The molecule has 2 rings (SSSR count). The summed E-state index contributed by atoms with van der Waals surface area (Å²) in [5.41, 5.74) is 2.42. The molecular weight excluding hydrogens is 226 g/mol. The Morgan fingerprint density at radius 2 is 2.29 bits per heavy atom. The number of aromatic nitrogens is 2. The van der Waals surface area contributed by atoms with Crippen LogP contribution in [-0.4, -0.2) is 20.8 Å². The molecule has 1 amide bonds. The Morgan fingerprint density at radius 1 is 1.59 bits per heavy atom. The number of imidazole rings is 1. The lowest BCUT2D eigenvalue weighted by Crippen LogP contribution is -2.30. The van der Waals surface area contributed by atoms with E-state index in [9.17, 15) is 14.9 Å². The number of nitro benzene ring substituents is 1. The van der Waals surface area contributed by atoms with Gasteiger partial charge in [-0.3, -0.25) is 20.3 Å². The van der Waals surface area contributed by atoms with Gasteiger partial charge in [-0.2, -0.15) is 0 Å². The summed E-state index contributed by atoms with van der Waals surface area (Å²) >= 11 is 0. The third kappa shape index (κ3) is 1.81. The van der Waals surface area contributed by atoms with Gasteiger partial charge < -0.3 is 4.98 Å². The van der Waals surface area contributed by atoms with Crippen molar-refractivity contribution in [3.05, 3.63) is 33.6 Å². The lowest BCUT2D eigenvalue weighted by molar-refractivity contribution is -0.385. The lowest BCUT2D eigenvalue weighted by atomic mass is 10.1. The quantitative estimate of drug-likeness (QED) is 0.300. The summed E-state index contributed by atoms with van der Waals surface area (Å²) in [6, 6.07) is 2.60. The molecule has 88 valence electrons. The molecular formula is C9H9N5O3. The van der Waals surface area contributed by atoms with Gasteiger partial charge in [0.1, 0.15) is 11.4 Å². The van der Waals surface area contributed by atoms with Crippen molar-refractivity contribution in [3.8, 4) is 0 Å². The van der Waals surface area contributed by atoms with Gasteiger partial charge in [0.15, 0.2) is 0 Å². The number of rotatable bonds is 2. The van der Waals surface area contributed by atoms with Crippen LogP contribution >= 0.6 is 0 Å². The van der Waals surface area contributed by atoms with E-state index in [-0.39, 0.29) is 11.3 Å². The van der Waals surface area contributed by atoms with E-state index in [0.29, 0.717) is 16.9 Å². The number of carbonyl (C=O) groups excluding carboxylic acids is 1. The molecule has 0 atom stereocenters. The highest BCUT2D eigenvalue weighted by Gasteiger charge is 2.21. The monoisotopic (exact) mass is 235 g/mol. The molecule has 0 bridgehead atoms. The molecule has 0 aliphatic heterocycles. The molecule has 0 aliphatic carbocycles. The second-order valence-electron chi connectivity index (χ2n) is 3.44. The molecule has 0 saturated heterocycles. The molecule has 8 heteroatoms. The number of nitrogens with one attached hydrogen (secondary N) is 2. The minimum absolute atomic E-state index is 0.114. The van der Waals surface area contributed by atoms with Gasteiger partial charge in [0.05, 0.1) is 16.0 Å². The van der Waals surface area contributed by atoms with Crippen LogP contribution < -0.4 is 11.3 Å². The molecule has 0 radical (unpaired) electrons. The number of nitro groups is 1. The minimum Gasteiger partial charge on any atom is -0.342 e. The second-order valence-corrected chi connectivity index (χ2v) is 3.44. The summed E-state index contributed by atoms with van der Waals surface area (Å²) in [4.78, 5) is 28.6. The van der Waals surface area contributed by atoms with E-state index >= 15 is 0 Å². The first kappa shape index (κ1) is 11.0. The maximum atomic E-state index is 11.4. The Balaban J connectivity index is 2.74. The van der Waals surface area contributed by atoms with Gasteiger partial charge in [0, 0.05) is 6.07 Å². The van der Waals surface area contributed by atoms with Gasteiger partial charge in [0.25, 0.3) is 11.6 Å². The van der Waals surface area contributed by atoms with Crippen molar-refractivity contribution in [2.75, 3.05) is 0 Å². The zero-order valence-electron chi connectivity index (χ0n) is 8.85. The van der Waals surface area contributed by atoms with Crippen LogP contribution in [0.25, 0.3) is 11.0 Å². The number of nitrogen functional groups attached to an aromatic ring is 1. The summed E-state index contributed by atoms with van der Waals surface area (Å²) in [5.74, 6) is 4.86. The van der Waals surface area contributed by atoms with Crippen LogP contribution in [0, 0.1) is 17.0 Å². The number of aryl methyl sites for hydroxylation is 1. The molecule has 8 nitrogen and oxygen atoms in total. The van der Waals surface area contributed by atoms with Crippen molar-refractivity contribution in [2.24, 2.45) is 5.84 Å². The number of aromatic amines is 1. The summed E-state index contributed by atoms with van der Waals surface area (Å²) in [5, 5.41) is 10.8. The standard InChI is InChI=1S/C9H9N5O3/c1-4-11-6-2-5(9(15)13-10)8(14(16)17)3-7(6)12-4/h2-3H,10H2,1H3,(H,11,12)(H,13,15). The average Bonchev–Trinajstić information content (AvgIpc) is 2.65. The topological polar surface area (TPSA) is 127 Å². The summed E-state index contributed by atoms with van der Waals surface area (Å²) in [6.07, 6.45) is 0. The van der Waals surface area contributed by atoms with E-state index in [1.165, 1.54) is 12.1 Å². The van der Waals surface area contributed by atoms with Gasteiger partial charge in [-0.05, 0) is 13.0 Å². The van der Waals surface area contributed by atoms with Crippen LogP contribution in [0.1, 0.15) is 16.2 Å². The normalized spacial score (nSPS) is 10.5. The fraction of sp³-hybridized carbons (Fsp3) is 0.111. The number of H-pyrrole nitrogens is 1. The number of hydrogen-bond donors (Lipinski definition) is 3. The van der Waals surface area contributed by atoms with Gasteiger partial charge in [-0.1, -0.05) is 0 Å². The molecule has 0 aliphatic rings. The third-order valence-electron chi connectivity index (χ3n) is 2.29. The van der Waals surface area contributed by atoms with E-state index in [2.05, 4.69) is 9.97 Å². The minimum atomic E-state index is -0.723. The summed E-state index contributed by atoms with van der Waals surface area (Å²) < 4.78 is 0. The van der Waals surface area contributed by atoms with Crippen molar-refractivity contribution in [2.45, 2.75) is 6.92 Å². The van der Waals surface area contributed by atoms with Crippen LogP contribution in [0.2, 0.25) is 0 Å². The van der Waals surface area contributed by atoms with Gasteiger partial charge in [0.2, 0.25) is 0 Å². The molecule has 0 spiro atoms. The highest BCUT2D eigenvalue weighted by Crippen LogP contribution is 2.24. The molecule has 4 N–H and O–H groups in total. The van der Waals surface area contributed by atoms with Gasteiger partial charge in [-0.15, -0.1) is 0 Å². The molecule has 1 aromatic carbocycles. The van der Waals surface area contributed by atoms with Crippen LogP contribution in [0.15, 0.2) is 12.1 Å². The zero-order valence-corrected chi connectivity index (χ0v) is 8.85. The highest BCUT2D eigenvalue weighted by atomic mass is 16.6. The number of nitrogens with zero attached hydrogens (tertiary/aromatic N) is 2. The summed E-state index contributed by atoms with van der Waals surface area (Å²) in [6.45, 7) is 1.72. The maximum absolute atomic E-state index is 11.4. The van der Waals surface area contributed by atoms with Crippen molar-refractivity contribution >= 4 is 22.6 Å². The number of carbonyl (C=O) groups is 1. The molecule has 0 saturated carbocycles. The first-order valence-corrected chi connectivity index (χ1v) is 4.68. The molecule has 17 heavy (non-hydrogen) atoms. The SMILES string of the molecule is Cc1nc2cc(C(=O)NN)c([N+](=O)[O-])cc2[nH]1. The van der Waals surface area contributed by atoms with E-state index in [1.54, 1.807) is 6.92 Å². The Kier molecular flexibility index (Phi) is 2.48. The number of hydrogen-bond acceptors (Lipinski definition) is 5. The highest BCUT2D eigenvalue weighted by molar-refractivity contribution is 6.01. The van der Waals surface area contributed by atoms with Crippen LogP contribution in [0.4, 0.5) is 5.69 Å². The zero-order chi connectivity index (χ0) is 12.6. The smallest absolute Gasteiger partial charge is 0.284 e. The van der Waals surface area contributed by atoms with E-state index in [4.69, 9.17) is 5.84 Å². The Hall–Kier alpha value is -2.48. The van der Waals surface area contributed by atoms with Crippen LogP contribution in [0.5, 0.6) is 0 Å². The Bertz CT molecular complexity index is 618. The van der Waals surface area contributed by atoms with Gasteiger partial charge in [-0.25, -0.2) is 10.8 Å². The second kappa shape index (κ2) is 3.83. The maximum Gasteiger partial charge on any atom is 0.284 e. The van der Waals surface area contributed by atoms with E-state index in [0.717, 1.165) is 0 Å². The van der Waals surface area contributed by atoms with Crippen LogP contribution in [0.3, 0.4) is 0 Å². The predicted molar refractivity (Wildman–Crippen MR) is 59.1 cm³/mol. The van der Waals surface area contributed by atoms with Crippen molar-refractivity contribution < 1.29 is 9.72 Å². The summed E-state index contributed by atoms with van der Waals surface area (Å²) in [7, 11) is 0. The first-order valence-electron chi connectivity index (χ1n) is 4.68. The molecule has 1 aromatic heterocycles. The average molecular weight is 235 g/mol. The van der Waals surface area contributed by atoms with E-state index in [1.807, 2.05) is 5.43 Å². The number of benzene rings is 1. The lowest BCUT2D eigenvalue weighted by Gasteiger charge is -2.01. The molecule has 1 heterocycles. The van der Waals surface area contributed by atoms with Crippen molar-refractivity contribution in [3.63, 3.8) is 0 Å². The largest absolute Gasteiger partial charge is 0.342 e. The van der Waals surface area contributed by atoms with E-state index < -0.39 is 10.8 Å². The van der Waals surface area contributed by atoms with Crippen molar-refractivity contribution in [1.29, 1.82) is 0 Å². The number of amides is 1. The number of nitrogens with two attached hydrogens (primary N) is 1. The fourth-order valence-corrected chi connectivity index (χ4v) is 1.58. The first-order chi connectivity index (χ1) is 8.02. The fourth-order valence-electron chi connectivity index (χ4n) is 1.58. The molecule has 0 unspecified atom stereocenters. The number of hydrazine groups is 1. The molecule has 0 fully saturated rings. The molecule has 2 aromatic rings. The van der Waals surface area contributed by atoms with Gasteiger partial charge >= 0.3 is 0 Å². The predicted octanol–water partition coefficient (Wildman–Crippen LogP) is 0.383. The van der Waals surface area contributed by atoms with Crippen LogP contribution in [-0.2, 0) is 0 Å². The Morgan fingerprint density at radius 3 is 2.88 bits per heavy atom. The third-order valence-corrected chi connectivity index (χ3v) is 2.29.